The SMILES string of the molecule is CCC[C@@H](NC(=O)C1=CC(C(=O)O)=C(c2cc(Cl)ccc2-c2nc3ccc(C(C)(C)C)cc3[nH]2)CC#C1)c1ccccc1. The number of aliphatic carboxylic acids is 1. The molecule has 0 radical (unpaired) electrons. The minimum atomic E-state index is -1.16. The van der Waals surface area contributed by atoms with Crippen LogP contribution in [-0.2, 0) is 15.0 Å². The van der Waals surface area contributed by atoms with Crippen LogP contribution in [-0.4, -0.2) is 27.0 Å². The smallest absolute Gasteiger partial charge is 0.336 e. The summed E-state index contributed by atoms with van der Waals surface area (Å²) in [4.78, 5) is 34.3. The Hall–Kier alpha value is -4.60. The van der Waals surface area contributed by atoms with Gasteiger partial charge in [0.2, 0.25) is 0 Å². The number of imidazole rings is 1. The van der Waals surface area contributed by atoms with E-state index in [4.69, 9.17) is 16.6 Å². The van der Waals surface area contributed by atoms with Crippen LogP contribution in [0.3, 0.4) is 0 Å². The largest absolute Gasteiger partial charge is 0.478 e. The van der Waals surface area contributed by atoms with E-state index < -0.39 is 11.9 Å². The number of hydrogen-bond donors (Lipinski definition) is 3. The number of rotatable bonds is 8. The maximum absolute atomic E-state index is 13.4. The first kappa shape index (κ1) is 29.9. The molecule has 43 heavy (non-hydrogen) atoms. The highest BCUT2D eigenvalue weighted by molar-refractivity contribution is 6.31. The maximum atomic E-state index is 13.4. The molecule has 3 aromatic carbocycles. The summed E-state index contributed by atoms with van der Waals surface area (Å²) in [6.45, 7) is 8.52. The van der Waals surface area contributed by atoms with Crippen molar-refractivity contribution in [2.75, 3.05) is 0 Å². The van der Waals surface area contributed by atoms with Crippen molar-refractivity contribution in [2.45, 2.75) is 58.4 Å². The van der Waals surface area contributed by atoms with Gasteiger partial charge in [-0.1, -0.05) is 94.0 Å². The van der Waals surface area contributed by atoms with Crippen LogP contribution in [0, 0.1) is 11.8 Å². The van der Waals surface area contributed by atoms with Gasteiger partial charge in [0.05, 0.1) is 28.2 Å². The summed E-state index contributed by atoms with van der Waals surface area (Å²) in [6.07, 6.45) is 3.10. The van der Waals surface area contributed by atoms with Crippen molar-refractivity contribution in [3.8, 4) is 23.2 Å². The maximum Gasteiger partial charge on any atom is 0.336 e. The molecule has 0 fully saturated rings. The highest BCUT2D eigenvalue weighted by Gasteiger charge is 2.24. The van der Waals surface area contributed by atoms with E-state index in [1.165, 1.54) is 11.6 Å². The molecule has 6 nitrogen and oxygen atoms in total. The molecule has 0 aliphatic heterocycles. The zero-order chi connectivity index (χ0) is 30.7. The van der Waals surface area contributed by atoms with E-state index in [1.807, 2.05) is 42.5 Å². The van der Waals surface area contributed by atoms with Crippen molar-refractivity contribution in [1.82, 2.24) is 15.3 Å². The minimum Gasteiger partial charge on any atom is -0.478 e. The van der Waals surface area contributed by atoms with Gasteiger partial charge >= 0.3 is 5.97 Å². The van der Waals surface area contributed by atoms with E-state index in [0.29, 0.717) is 27.5 Å². The van der Waals surface area contributed by atoms with Gasteiger partial charge in [0.1, 0.15) is 5.82 Å². The van der Waals surface area contributed by atoms with Crippen LogP contribution < -0.4 is 5.32 Å². The number of H-pyrrole nitrogens is 1. The highest BCUT2D eigenvalue weighted by Crippen LogP contribution is 2.36. The number of allylic oxidation sites excluding steroid dienone is 1. The molecule has 1 aliphatic carbocycles. The number of aromatic nitrogens is 2. The molecule has 1 aliphatic rings. The van der Waals surface area contributed by atoms with Crippen molar-refractivity contribution in [3.05, 3.63) is 106 Å². The zero-order valence-corrected chi connectivity index (χ0v) is 25.5. The van der Waals surface area contributed by atoms with Crippen LogP contribution in [0.4, 0.5) is 0 Å². The topological polar surface area (TPSA) is 95.1 Å². The van der Waals surface area contributed by atoms with Crippen LogP contribution in [0.15, 0.2) is 84.0 Å². The predicted molar refractivity (Wildman–Crippen MR) is 173 cm³/mol. The molecule has 1 heterocycles. The van der Waals surface area contributed by atoms with Crippen molar-refractivity contribution in [3.63, 3.8) is 0 Å². The highest BCUT2D eigenvalue weighted by atomic mass is 35.5. The normalized spacial score (nSPS) is 14.0. The summed E-state index contributed by atoms with van der Waals surface area (Å²) in [6, 6.07) is 21.0. The Morgan fingerprint density at radius 2 is 1.84 bits per heavy atom. The first-order valence-electron chi connectivity index (χ1n) is 14.4. The molecule has 1 aromatic heterocycles. The monoisotopic (exact) mass is 591 g/mol. The van der Waals surface area contributed by atoms with E-state index in [1.54, 1.807) is 12.1 Å². The Morgan fingerprint density at radius 1 is 1.07 bits per heavy atom. The van der Waals surface area contributed by atoms with Crippen LogP contribution in [0.1, 0.15) is 69.7 Å². The Bertz CT molecular complexity index is 1830. The third kappa shape index (κ3) is 6.58. The second kappa shape index (κ2) is 12.3. The van der Waals surface area contributed by atoms with Crippen LogP contribution in [0.25, 0.3) is 28.0 Å². The molecular formula is C36H34ClN3O3. The fourth-order valence-electron chi connectivity index (χ4n) is 5.25. The second-order valence-electron chi connectivity index (χ2n) is 11.7. The summed E-state index contributed by atoms with van der Waals surface area (Å²) < 4.78 is 0. The third-order valence-electron chi connectivity index (χ3n) is 7.57. The predicted octanol–water partition coefficient (Wildman–Crippen LogP) is 8.01. The summed E-state index contributed by atoms with van der Waals surface area (Å²) >= 11 is 6.45. The molecule has 7 heteroatoms. The summed E-state index contributed by atoms with van der Waals surface area (Å²) in [5.41, 5.74) is 5.65. The molecule has 3 N–H and O–H groups in total. The standard InChI is InChI=1S/C36H34ClN3O3/c1-5-10-30(22-11-7-6-8-12-22)40-34(41)23-13-9-14-26(29(19-23)35(42)43)28-21-25(37)16-17-27(28)33-38-31-18-15-24(36(2,3)4)20-32(31)39-33/h6-8,11-12,15-21,30H,5,10,14H2,1-4H3,(H,38,39)(H,40,41)(H,42,43)/t30-/m1/s1. The number of nitrogens with zero attached hydrogens (tertiary/aromatic N) is 1. The van der Waals surface area contributed by atoms with E-state index in [-0.39, 0.29) is 29.0 Å². The fourth-order valence-corrected chi connectivity index (χ4v) is 5.42. The van der Waals surface area contributed by atoms with Crippen LogP contribution >= 0.6 is 11.6 Å². The van der Waals surface area contributed by atoms with Gasteiger partial charge in [0.25, 0.3) is 5.91 Å². The number of carboxylic acids is 1. The lowest BCUT2D eigenvalue weighted by Gasteiger charge is -2.18. The molecule has 5 rings (SSSR count). The Balaban J connectivity index is 1.57. The van der Waals surface area contributed by atoms with E-state index >= 15 is 0 Å². The summed E-state index contributed by atoms with van der Waals surface area (Å²) in [7, 11) is 0. The van der Waals surface area contributed by atoms with Gasteiger partial charge < -0.3 is 15.4 Å². The van der Waals surface area contributed by atoms with Crippen molar-refractivity contribution in [1.29, 1.82) is 0 Å². The molecular weight excluding hydrogens is 558 g/mol. The van der Waals surface area contributed by atoms with Gasteiger partial charge in [-0.25, -0.2) is 9.78 Å². The molecule has 0 unspecified atom stereocenters. The second-order valence-corrected chi connectivity index (χ2v) is 12.2. The number of hydrogen-bond acceptors (Lipinski definition) is 3. The quantitative estimate of drug-likeness (QED) is 0.181. The van der Waals surface area contributed by atoms with Crippen molar-refractivity contribution >= 4 is 40.1 Å². The lowest BCUT2D eigenvalue weighted by atomic mass is 9.87. The zero-order valence-electron chi connectivity index (χ0n) is 24.7. The van der Waals surface area contributed by atoms with Crippen LogP contribution in [0.2, 0.25) is 5.02 Å². The third-order valence-corrected chi connectivity index (χ3v) is 7.81. The molecule has 1 amide bonds. The molecule has 0 spiro atoms. The number of carbonyl (C=O) groups is 2. The molecule has 0 bridgehead atoms. The molecule has 4 aromatic rings. The molecule has 0 saturated heterocycles. The minimum absolute atomic E-state index is 0.0240. The number of halogens is 1. The van der Waals surface area contributed by atoms with Crippen molar-refractivity contribution < 1.29 is 14.7 Å². The molecule has 1 atom stereocenters. The van der Waals surface area contributed by atoms with Gasteiger partial charge in [-0.3, -0.25) is 4.79 Å². The van der Waals surface area contributed by atoms with E-state index in [2.05, 4.69) is 62.0 Å². The lowest BCUT2D eigenvalue weighted by molar-refractivity contribution is -0.132. The van der Waals surface area contributed by atoms with Gasteiger partial charge in [0.15, 0.2) is 0 Å². The number of carbonyl (C=O) groups excluding carboxylic acids is 1. The van der Waals surface area contributed by atoms with Gasteiger partial charge in [-0.15, -0.1) is 0 Å². The number of benzene rings is 3. The van der Waals surface area contributed by atoms with Gasteiger partial charge in [0, 0.05) is 17.0 Å². The van der Waals surface area contributed by atoms with Crippen LogP contribution in [0.5, 0.6) is 0 Å². The van der Waals surface area contributed by atoms with E-state index in [0.717, 1.165) is 29.4 Å². The number of nitrogens with one attached hydrogen (secondary N) is 2. The Labute approximate surface area is 256 Å². The summed E-state index contributed by atoms with van der Waals surface area (Å²) in [5.74, 6) is 4.97. The fraction of sp³-hybridized carbons (Fsp3) is 0.250. The molecule has 0 saturated carbocycles. The molecule has 218 valence electrons. The lowest BCUT2D eigenvalue weighted by Crippen LogP contribution is -2.29. The van der Waals surface area contributed by atoms with E-state index in [9.17, 15) is 14.7 Å². The number of carboxylic acid groups (broad SMARTS) is 1. The average molecular weight is 592 g/mol. The Morgan fingerprint density at radius 3 is 2.53 bits per heavy atom. The number of amides is 1. The summed E-state index contributed by atoms with van der Waals surface area (Å²) in [5, 5.41) is 13.9. The van der Waals surface area contributed by atoms with Gasteiger partial charge in [-0.2, -0.15) is 0 Å². The first-order chi connectivity index (χ1) is 20.5. The average Bonchev–Trinajstić information content (AvgIpc) is 3.26. The Kier molecular flexibility index (Phi) is 8.57. The number of fused-ring (bicyclic) bond motifs is 1. The van der Waals surface area contributed by atoms with Gasteiger partial charge in [-0.05, 0) is 70.5 Å². The number of aromatic amines is 1. The first-order valence-corrected chi connectivity index (χ1v) is 14.8. The van der Waals surface area contributed by atoms with Crippen molar-refractivity contribution in [2.24, 2.45) is 0 Å².